The van der Waals surface area contributed by atoms with E-state index in [4.69, 9.17) is 28.0 Å². The number of hydrogen-bond donors (Lipinski definition) is 3. The first-order valence-corrected chi connectivity index (χ1v) is 13.0. The number of nitrogens with one attached hydrogen (secondary N) is 1. The average Bonchev–Trinajstić information content (AvgIpc) is 3.15. The van der Waals surface area contributed by atoms with Gasteiger partial charge in [0, 0.05) is 6.20 Å². The van der Waals surface area contributed by atoms with Gasteiger partial charge in [0.15, 0.2) is 0 Å². The fraction of sp³-hybridized carbons (Fsp3) is 0.522. The Kier molecular flexibility index (Phi) is 9.82. The molecule has 3 rings (SSSR count). The van der Waals surface area contributed by atoms with Crippen LogP contribution in [0.5, 0.6) is 17.6 Å². The third kappa shape index (κ3) is 7.37. The minimum atomic E-state index is -4.20. The number of benzene rings is 1. The van der Waals surface area contributed by atoms with Gasteiger partial charge in [0.05, 0.1) is 32.5 Å². The molecule has 6 atom stereocenters. The van der Waals surface area contributed by atoms with Gasteiger partial charge in [0.1, 0.15) is 36.2 Å². The van der Waals surface area contributed by atoms with E-state index in [1.54, 1.807) is 44.2 Å². The highest BCUT2D eigenvalue weighted by molar-refractivity contribution is 7.52. The molecule has 0 saturated carbocycles. The summed E-state index contributed by atoms with van der Waals surface area (Å²) < 4.78 is 46.0. The Morgan fingerprint density at radius 3 is 2.46 bits per heavy atom. The first-order valence-electron chi connectivity index (χ1n) is 11.5. The van der Waals surface area contributed by atoms with Crippen LogP contribution in [-0.2, 0) is 23.4 Å². The van der Waals surface area contributed by atoms with Crippen molar-refractivity contribution in [2.24, 2.45) is 0 Å². The van der Waals surface area contributed by atoms with Crippen LogP contribution >= 0.6 is 7.75 Å². The van der Waals surface area contributed by atoms with Gasteiger partial charge in [-0.1, -0.05) is 18.2 Å². The number of ether oxygens (including phenoxy) is 4. The summed E-state index contributed by atoms with van der Waals surface area (Å²) in [5.74, 6) is -0.356. The third-order valence-electron chi connectivity index (χ3n) is 5.24. The number of rotatable bonds is 12. The molecule has 13 nitrogen and oxygen atoms in total. The number of nitrogens with zero attached hydrogens (tertiary/aromatic N) is 2. The molecule has 2 aromatic rings. The van der Waals surface area contributed by atoms with Crippen LogP contribution in [0.3, 0.4) is 0 Å². The van der Waals surface area contributed by atoms with Crippen molar-refractivity contribution < 1.29 is 47.6 Å². The number of carbonyl (C=O) groups is 1. The molecule has 0 bridgehead atoms. The smallest absolute Gasteiger partial charge is 0.459 e. The Labute approximate surface area is 214 Å². The number of hydrogen-bond acceptors (Lipinski definition) is 12. The van der Waals surface area contributed by atoms with Gasteiger partial charge in [-0.3, -0.25) is 9.32 Å². The highest BCUT2D eigenvalue weighted by atomic mass is 31.2. The molecule has 1 aliphatic heterocycles. The lowest BCUT2D eigenvalue weighted by atomic mass is 10.0. The molecular weight excluding hydrogens is 509 g/mol. The molecule has 1 aromatic heterocycles. The minimum absolute atomic E-state index is 0.0451. The third-order valence-corrected chi connectivity index (χ3v) is 6.88. The zero-order valence-corrected chi connectivity index (χ0v) is 22.0. The largest absolute Gasteiger partial charge is 0.481 e. The van der Waals surface area contributed by atoms with E-state index in [-0.39, 0.29) is 29.3 Å². The van der Waals surface area contributed by atoms with E-state index in [0.29, 0.717) is 0 Å². The molecule has 0 amide bonds. The summed E-state index contributed by atoms with van der Waals surface area (Å²) in [5.41, 5.74) is 0.268. The van der Waals surface area contributed by atoms with Crippen LogP contribution in [-0.4, -0.2) is 77.4 Å². The van der Waals surface area contributed by atoms with Gasteiger partial charge in [-0.15, -0.1) is 0 Å². The first-order chi connectivity index (χ1) is 17.6. The van der Waals surface area contributed by atoms with E-state index in [9.17, 15) is 19.6 Å². The van der Waals surface area contributed by atoms with Crippen molar-refractivity contribution in [3.8, 4) is 17.6 Å². The van der Waals surface area contributed by atoms with Gasteiger partial charge in [-0.05, 0) is 32.9 Å². The van der Waals surface area contributed by atoms with Gasteiger partial charge in [0.25, 0.3) is 0 Å². The molecule has 37 heavy (non-hydrogen) atoms. The minimum Gasteiger partial charge on any atom is -0.481 e. The molecule has 3 N–H and O–H groups in total. The molecule has 1 fully saturated rings. The summed E-state index contributed by atoms with van der Waals surface area (Å²) in [5, 5.41) is 23.8. The summed E-state index contributed by atoms with van der Waals surface area (Å²) in [7, 11) is -1.44. The molecule has 0 unspecified atom stereocenters. The maximum Gasteiger partial charge on any atom is 0.459 e. The monoisotopic (exact) mass is 541 g/mol. The molecule has 14 heteroatoms. The second kappa shape index (κ2) is 12.6. The van der Waals surface area contributed by atoms with E-state index in [0.717, 1.165) is 0 Å². The normalized spacial score (nSPS) is 23.8. The highest BCUT2D eigenvalue weighted by Crippen LogP contribution is 2.46. The number of para-hydroxylation sites is 1. The van der Waals surface area contributed by atoms with E-state index in [2.05, 4.69) is 15.1 Å². The van der Waals surface area contributed by atoms with Gasteiger partial charge in [-0.25, -0.2) is 9.55 Å². The van der Waals surface area contributed by atoms with Crippen LogP contribution < -0.4 is 19.1 Å². The molecule has 2 heterocycles. The Bertz CT molecular complexity index is 1090. The zero-order chi connectivity index (χ0) is 27.2. The zero-order valence-electron chi connectivity index (χ0n) is 21.1. The van der Waals surface area contributed by atoms with E-state index >= 15 is 0 Å². The standard InChI is InChI=1S/C23H32N3O10P/c1-13(2)34-22(29)14(3)26-37(30,36-15-9-7-6-8-10-15)33-12-17-18(27)19(28)20(35-17)16-11-24-23(32-5)25-21(16)31-4/h6-11,13-14,17-20,27-28H,12H2,1-5H3,(H,26,30)/t14-,17-,18-,19-,20+,37-/m1/s1. The Morgan fingerprint density at radius 2 is 1.84 bits per heavy atom. The van der Waals surface area contributed by atoms with Crippen molar-refractivity contribution in [2.45, 2.75) is 57.3 Å². The van der Waals surface area contributed by atoms with Crippen LogP contribution in [0, 0.1) is 0 Å². The number of aliphatic hydroxyl groups excluding tert-OH is 2. The topological polar surface area (TPSA) is 168 Å². The predicted molar refractivity (Wildman–Crippen MR) is 129 cm³/mol. The van der Waals surface area contributed by atoms with Gasteiger partial charge in [0.2, 0.25) is 5.88 Å². The van der Waals surface area contributed by atoms with Crippen molar-refractivity contribution >= 4 is 13.7 Å². The molecule has 1 saturated heterocycles. The Morgan fingerprint density at radius 1 is 1.14 bits per heavy atom. The second-order valence-electron chi connectivity index (χ2n) is 8.43. The quantitative estimate of drug-likeness (QED) is 0.263. The van der Waals surface area contributed by atoms with Crippen LogP contribution in [0.1, 0.15) is 32.4 Å². The summed E-state index contributed by atoms with van der Waals surface area (Å²) in [6.45, 7) is 4.36. The summed E-state index contributed by atoms with van der Waals surface area (Å²) in [6.07, 6.45) is -4.06. The number of aliphatic hydroxyl groups is 2. The van der Waals surface area contributed by atoms with Crippen molar-refractivity contribution in [3.63, 3.8) is 0 Å². The maximum absolute atomic E-state index is 13.6. The lowest BCUT2D eigenvalue weighted by Gasteiger charge is -2.25. The number of methoxy groups -OCH3 is 2. The first kappa shape index (κ1) is 28.8. The van der Waals surface area contributed by atoms with Crippen molar-refractivity contribution in [3.05, 3.63) is 42.1 Å². The van der Waals surface area contributed by atoms with E-state index in [1.807, 2.05) is 0 Å². The molecule has 0 spiro atoms. The lowest BCUT2D eigenvalue weighted by molar-refractivity contribution is -0.149. The Hall–Kier alpha value is -2.80. The molecule has 1 aromatic carbocycles. The van der Waals surface area contributed by atoms with Gasteiger partial charge < -0.3 is 33.7 Å². The number of aromatic nitrogens is 2. The summed E-state index contributed by atoms with van der Waals surface area (Å²) >= 11 is 0. The number of esters is 1. The molecular formula is C23H32N3O10P. The van der Waals surface area contributed by atoms with Crippen molar-refractivity contribution in [2.75, 3.05) is 20.8 Å². The fourth-order valence-electron chi connectivity index (χ4n) is 3.47. The van der Waals surface area contributed by atoms with Crippen LogP contribution in [0.2, 0.25) is 0 Å². The van der Waals surface area contributed by atoms with Crippen LogP contribution in [0.4, 0.5) is 0 Å². The SMILES string of the molecule is COc1ncc([C@@H]2O[C@H](CO[P@](=O)(N[C@H](C)C(=O)OC(C)C)Oc3ccccc3)[C@@H](O)[C@H]2O)c(OC)n1. The van der Waals surface area contributed by atoms with Gasteiger partial charge in [-0.2, -0.15) is 10.1 Å². The molecule has 1 aliphatic rings. The molecule has 0 aliphatic carbocycles. The van der Waals surface area contributed by atoms with Crippen molar-refractivity contribution in [1.82, 2.24) is 15.1 Å². The number of carbonyl (C=O) groups excluding carboxylic acids is 1. The van der Waals surface area contributed by atoms with Crippen LogP contribution in [0.15, 0.2) is 36.5 Å². The van der Waals surface area contributed by atoms with E-state index < -0.39 is 50.8 Å². The van der Waals surface area contributed by atoms with Crippen LogP contribution in [0.25, 0.3) is 0 Å². The predicted octanol–water partition coefficient (Wildman–Crippen LogP) is 1.79. The van der Waals surface area contributed by atoms with E-state index in [1.165, 1.54) is 27.3 Å². The second-order valence-corrected chi connectivity index (χ2v) is 10.1. The Balaban J connectivity index is 1.76. The lowest BCUT2D eigenvalue weighted by Crippen LogP contribution is -2.38. The maximum atomic E-state index is 13.6. The van der Waals surface area contributed by atoms with Crippen molar-refractivity contribution in [1.29, 1.82) is 0 Å². The molecule has 204 valence electrons. The summed E-state index contributed by atoms with van der Waals surface area (Å²) in [4.78, 5) is 20.4. The molecule has 0 radical (unpaired) electrons. The highest BCUT2D eigenvalue weighted by Gasteiger charge is 2.46. The summed E-state index contributed by atoms with van der Waals surface area (Å²) in [6, 6.07) is 7.21. The average molecular weight is 541 g/mol. The van der Waals surface area contributed by atoms with Gasteiger partial charge >= 0.3 is 19.7 Å². The fourth-order valence-corrected chi connectivity index (χ4v) is 4.97.